The van der Waals surface area contributed by atoms with Crippen LogP contribution in [0.1, 0.15) is 29.6 Å². The lowest BCUT2D eigenvalue weighted by molar-refractivity contribution is -0.109. The molecule has 0 heterocycles. The van der Waals surface area contributed by atoms with E-state index in [4.69, 9.17) is 0 Å². The fraction of sp³-hybridized carbons (Fsp3) is 0.188. The van der Waals surface area contributed by atoms with E-state index >= 15 is 0 Å². The van der Waals surface area contributed by atoms with Crippen LogP contribution in [0.5, 0.6) is 0 Å². The van der Waals surface area contributed by atoms with Gasteiger partial charge >= 0.3 is 0 Å². The Morgan fingerprint density at radius 3 is 1.89 bits per heavy atom. The maximum Gasteiger partial charge on any atom is 0.127 e. The Balaban J connectivity index is 2.10. The fourth-order valence-electron chi connectivity index (χ4n) is 2.02. The monoisotopic (exact) mass is 240 g/mol. The van der Waals surface area contributed by atoms with Crippen LogP contribution in [-0.2, 0) is 4.79 Å². The van der Waals surface area contributed by atoms with E-state index in [0.717, 1.165) is 17.4 Å². The van der Waals surface area contributed by atoms with Crippen LogP contribution in [-0.4, -0.2) is 11.4 Å². The highest BCUT2D eigenvalue weighted by atomic mass is 16.3. The van der Waals surface area contributed by atoms with E-state index in [0.29, 0.717) is 6.42 Å². The van der Waals surface area contributed by atoms with Crippen molar-refractivity contribution in [2.45, 2.75) is 18.4 Å². The minimum Gasteiger partial charge on any atom is -0.388 e. The van der Waals surface area contributed by atoms with E-state index in [9.17, 15) is 9.90 Å². The van der Waals surface area contributed by atoms with Crippen LogP contribution in [0.2, 0.25) is 0 Å². The SMILES string of the molecule is O=CC(CC(O)c1ccccc1)c1ccccc1. The number of benzene rings is 2. The molecule has 2 atom stereocenters. The Morgan fingerprint density at radius 1 is 0.889 bits per heavy atom. The molecular formula is C16H16O2. The van der Waals surface area contributed by atoms with E-state index in [1.165, 1.54) is 0 Å². The molecule has 2 nitrogen and oxygen atoms in total. The van der Waals surface area contributed by atoms with Crippen molar-refractivity contribution in [1.29, 1.82) is 0 Å². The minimum atomic E-state index is -0.610. The average molecular weight is 240 g/mol. The summed E-state index contributed by atoms with van der Waals surface area (Å²) in [5.74, 6) is -0.263. The molecule has 2 heteroatoms. The van der Waals surface area contributed by atoms with Gasteiger partial charge in [-0.3, -0.25) is 0 Å². The first-order valence-electron chi connectivity index (χ1n) is 6.04. The fourth-order valence-corrected chi connectivity index (χ4v) is 2.02. The highest BCUT2D eigenvalue weighted by Gasteiger charge is 2.16. The van der Waals surface area contributed by atoms with Gasteiger partial charge in [0.05, 0.1) is 6.10 Å². The number of aldehydes is 1. The number of carbonyl (C=O) groups excluding carboxylic acids is 1. The number of hydrogen-bond acceptors (Lipinski definition) is 2. The largest absolute Gasteiger partial charge is 0.388 e. The zero-order chi connectivity index (χ0) is 12.8. The first-order valence-corrected chi connectivity index (χ1v) is 6.04. The maximum absolute atomic E-state index is 11.2. The Bertz CT molecular complexity index is 479. The van der Waals surface area contributed by atoms with E-state index in [1.54, 1.807) is 0 Å². The summed E-state index contributed by atoms with van der Waals surface area (Å²) < 4.78 is 0. The summed E-state index contributed by atoms with van der Waals surface area (Å²) in [6.45, 7) is 0. The van der Waals surface area contributed by atoms with Crippen LogP contribution >= 0.6 is 0 Å². The molecule has 2 rings (SSSR count). The Hall–Kier alpha value is -1.93. The Morgan fingerprint density at radius 2 is 1.39 bits per heavy atom. The van der Waals surface area contributed by atoms with Crippen molar-refractivity contribution >= 4 is 6.29 Å². The quantitative estimate of drug-likeness (QED) is 0.815. The number of hydrogen-bond donors (Lipinski definition) is 1. The highest BCUT2D eigenvalue weighted by Crippen LogP contribution is 2.26. The molecule has 0 aliphatic heterocycles. The lowest BCUT2D eigenvalue weighted by Gasteiger charge is -2.16. The molecule has 0 aliphatic carbocycles. The normalized spacial score (nSPS) is 13.8. The van der Waals surface area contributed by atoms with Gasteiger partial charge in [0.25, 0.3) is 0 Å². The zero-order valence-corrected chi connectivity index (χ0v) is 10.1. The van der Waals surface area contributed by atoms with Crippen molar-refractivity contribution < 1.29 is 9.90 Å². The zero-order valence-electron chi connectivity index (χ0n) is 10.1. The Kier molecular flexibility index (Phi) is 4.26. The first-order chi connectivity index (χ1) is 8.81. The number of carbonyl (C=O) groups is 1. The van der Waals surface area contributed by atoms with Crippen molar-refractivity contribution in [3.63, 3.8) is 0 Å². The molecule has 2 aromatic carbocycles. The topological polar surface area (TPSA) is 37.3 Å². The molecule has 0 fully saturated rings. The molecule has 0 spiro atoms. The summed E-state index contributed by atoms with van der Waals surface area (Å²) in [5, 5.41) is 10.1. The lowest BCUT2D eigenvalue weighted by Crippen LogP contribution is -2.07. The van der Waals surface area contributed by atoms with E-state index < -0.39 is 6.10 Å². The predicted molar refractivity (Wildman–Crippen MR) is 71.3 cm³/mol. The standard InChI is InChI=1S/C16H16O2/c17-12-15(13-7-3-1-4-8-13)11-16(18)14-9-5-2-6-10-14/h1-10,12,15-16,18H,11H2. The predicted octanol–water partition coefficient (Wildman–Crippen LogP) is 3.09. The van der Waals surface area contributed by atoms with Crippen LogP contribution < -0.4 is 0 Å². The molecule has 0 saturated heterocycles. The summed E-state index contributed by atoms with van der Waals surface area (Å²) in [5.41, 5.74) is 1.79. The van der Waals surface area contributed by atoms with Gasteiger partial charge in [-0.25, -0.2) is 0 Å². The van der Waals surface area contributed by atoms with Gasteiger partial charge in [0.1, 0.15) is 6.29 Å². The van der Waals surface area contributed by atoms with Gasteiger partial charge < -0.3 is 9.90 Å². The van der Waals surface area contributed by atoms with Gasteiger partial charge in [0, 0.05) is 5.92 Å². The molecule has 0 amide bonds. The van der Waals surface area contributed by atoms with E-state index in [-0.39, 0.29) is 5.92 Å². The summed E-state index contributed by atoms with van der Waals surface area (Å²) in [6, 6.07) is 19.0. The Labute approximate surface area is 107 Å². The van der Waals surface area contributed by atoms with E-state index in [2.05, 4.69) is 0 Å². The molecule has 0 bridgehead atoms. The van der Waals surface area contributed by atoms with Crippen molar-refractivity contribution in [3.05, 3.63) is 71.8 Å². The van der Waals surface area contributed by atoms with Crippen LogP contribution in [0, 0.1) is 0 Å². The van der Waals surface area contributed by atoms with Gasteiger partial charge in [0.15, 0.2) is 0 Å². The lowest BCUT2D eigenvalue weighted by atomic mass is 9.92. The highest BCUT2D eigenvalue weighted by molar-refractivity contribution is 5.62. The molecule has 0 radical (unpaired) electrons. The molecule has 92 valence electrons. The number of rotatable bonds is 5. The second-order valence-electron chi connectivity index (χ2n) is 4.32. The average Bonchev–Trinajstić information content (AvgIpc) is 2.46. The minimum absolute atomic E-state index is 0.263. The second-order valence-corrected chi connectivity index (χ2v) is 4.32. The van der Waals surface area contributed by atoms with Crippen LogP contribution in [0.4, 0.5) is 0 Å². The molecule has 1 N–H and O–H groups in total. The second kappa shape index (κ2) is 6.12. The van der Waals surface area contributed by atoms with Crippen molar-refractivity contribution in [2.24, 2.45) is 0 Å². The number of aliphatic hydroxyl groups excluding tert-OH is 1. The summed E-state index contributed by atoms with van der Waals surface area (Å²) >= 11 is 0. The van der Waals surface area contributed by atoms with Gasteiger partial charge in [0.2, 0.25) is 0 Å². The summed E-state index contributed by atoms with van der Waals surface area (Å²) in [7, 11) is 0. The van der Waals surface area contributed by atoms with Gasteiger partial charge in [-0.2, -0.15) is 0 Å². The molecular weight excluding hydrogens is 224 g/mol. The van der Waals surface area contributed by atoms with Crippen LogP contribution in [0.3, 0.4) is 0 Å². The maximum atomic E-state index is 11.2. The molecule has 0 aliphatic rings. The summed E-state index contributed by atoms with van der Waals surface area (Å²) in [6.07, 6.45) is 0.709. The van der Waals surface area contributed by atoms with Crippen molar-refractivity contribution in [3.8, 4) is 0 Å². The smallest absolute Gasteiger partial charge is 0.127 e. The third-order valence-corrected chi connectivity index (χ3v) is 3.05. The molecule has 2 unspecified atom stereocenters. The van der Waals surface area contributed by atoms with Gasteiger partial charge in [-0.1, -0.05) is 60.7 Å². The molecule has 18 heavy (non-hydrogen) atoms. The molecule has 0 saturated carbocycles. The van der Waals surface area contributed by atoms with E-state index in [1.807, 2.05) is 60.7 Å². The third-order valence-electron chi connectivity index (χ3n) is 3.05. The molecule has 2 aromatic rings. The number of aliphatic hydroxyl groups is 1. The van der Waals surface area contributed by atoms with Crippen molar-refractivity contribution in [2.75, 3.05) is 0 Å². The van der Waals surface area contributed by atoms with Gasteiger partial charge in [-0.05, 0) is 17.5 Å². The summed E-state index contributed by atoms with van der Waals surface area (Å²) in [4.78, 5) is 11.2. The van der Waals surface area contributed by atoms with Crippen LogP contribution in [0.15, 0.2) is 60.7 Å². The van der Waals surface area contributed by atoms with Crippen LogP contribution in [0.25, 0.3) is 0 Å². The third kappa shape index (κ3) is 3.05. The van der Waals surface area contributed by atoms with Gasteiger partial charge in [-0.15, -0.1) is 0 Å². The molecule has 0 aromatic heterocycles. The van der Waals surface area contributed by atoms with Crippen molar-refractivity contribution in [1.82, 2.24) is 0 Å². The first kappa shape index (κ1) is 12.5.